The summed E-state index contributed by atoms with van der Waals surface area (Å²) in [5.41, 5.74) is 3.41. The zero-order chi connectivity index (χ0) is 24.3. The summed E-state index contributed by atoms with van der Waals surface area (Å²) in [5.74, 6) is 0.899. The van der Waals surface area contributed by atoms with Crippen molar-refractivity contribution in [1.82, 2.24) is 19.9 Å². The number of nitrogens with one attached hydrogen (secondary N) is 3. The molecule has 13 heteroatoms. The van der Waals surface area contributed by atoms with Crippen LogP contribution < -0.4 is 15.4 Å². The van der Waals surface area contributed by atoms with Crippen LogP contribution in [-0.4, -0.2) is 52.3 Å². The molecular weight excluding hydrogens is 482 g/mol. The Hall–Kier alpha value is -3.64. The van der Waals surface area contributed by atoms with Crippen molar-refractivity contribution in [3.05, 3.63) is 64.4 Å². The number of benzene rings is 1. The van der Waals surface area contributed by atoms with Gasteiger partial charge in [-0.3, -0.25) is 4.72 Å². The summed E-state index contributed by atoms with van der Waals surface area (Å²) in [6.45, 7) is 1.03. The summed E-state index contributed by atoms with van der Waals surface area (Å²) < 4.78 is 25.6. The number of aromatic nitrogens is 3. The Bertz CT molecular complexity index is 1340. The molecule has 1 aliphatic rings. The van der Waals surface area contributed by atoms with Crippen LogP contribution in [0.5, 0.6) is 0 Å². The van der Waals surface area contributed by atoms with Crippen molar-refractivity contribution in [3.63, 3.8) is 0 Å². The molecule has 0 radical (unpaired) electrons. The van der Waals surface area contributed by atoms with Gasteiger partial charge in [0.15, 0.2) is 5.82 Å². The number of hydrogen-bond acceptors (Lipinski definition) is 8. The maximum Gasteiger partial charge on any atom is 0.407 e. The Kier molecular flexibility index (Phi) is 6.70. The van der Waals surface area contributed by atoms with Gasteiger partial charge in [-0.15, -0.1) is 0 Å². The maximum atomic E-state index is 11.6. The van der Waals surface area contributed by atoms with Gasteiger partial charge in [-0.1, -0.05) is 23.7 Å². The third kappa shape index (κ3) is 5.83. The lowest BCUT2D eigenvalue weighted by Gasteiger charge is -2.26. The zero-order valence-corrected chi connectivity index (χ0v) is 19.7. The molecule has 0 fully saturated rings. The highest BCUT2D eigenvalue weighted by Gasteiger charge is 2.20. The highest BCUT2D eigenvalue weighted by Crippen LogP contribution is 2.26. The number of carboxylic acid groups (broad SMARTS) is 1. The predicted molar refractivity (Wildman–Crippen MR) is 129 cm³/mol. The molecule has 1 aromatic carbocycles. The third-order valence-electron chi connectivity index (χ3n) is 5.11. The Morgan fingerprint density at radius 2 is 2.03 bits per heavy atom. The van der Waals surface area contributed by atoms with E-state index in [1.165, 1.54) is 17.3 Å². The fourth-order valence-electron chi connectivity index (χ4n) is 3.50. The van der Waals surface area contributed by atoms with E-state index < -0.39 is 16.1 Å². The van der Waals surface area contributed by atoms with Crippen LogP contribution in [0.3, 0.4) is 0 Å². The monoisotopic (exact) mass is 503 g/mol. The number of halogens is 1. The van der Waals surface area contributed by atoms with E-state index in [2.05, 4.69) is 30.3 Å². The van der Waals surface area contributed by atoms with Crippen LogP contribution in [0.2, 0.25) is 5.02 Å². The average molecular weight is 504 g/mol. The van der Waals surface area contributed by atoms with Crippen LogP contribution in [0.15, 0.2) is 42.7 Å². The molecule has 0 aliphatic carbocycles. The molecule has 34 heavy (non-hydrogen) atoms. The van der Waals surface area contributed by atoms with Crippen molar-refractivity contribution < 1.29 is 18.3 Å². The lowest BCUT2D eigenvalue weighted by atomic mass is 9.99. The van der Waals surface area contributed by atoms with E-state index in [0.717, 1.165) is 23.1 Å². The van der Waals surface area contributed by atoms with Crippen LogP contribution in [-0.2, 0) is 29.5 Å². The van der Waals surface area contributed by atoms with Gasteiger partial charge in [0.05, 0.1) is 12.5 Å². The molecule has 11 nitrogen and oxygen atoms in total. The van der Waals surface area contributed by atoms with Gasteiger partial charge < -0.3 is 20.6 Å². The fraction of sp³-hybridized carbons (Fsp3) is 0.238. The van der Waals surface area contributed by atoms with Gasteiger partial charge >= 0.3 is 6.09 Å². The first-order valence-corrected chi connectivity index (χ1v) is 12.5. The summed E-state index contributed by atoms with van der Waals surface area (Å²) >= 11 is 6.25. The first kappa shape index (κ1) is 23.5. The Morgan fingerprint density at radius 1 is 1.21 bits per heavy atom. The van der Waals surface area contributed by atoms with Crippen LogP contribution in [0.25, 0.3) is 0 Å². The average Bonchev–Trinajstić information content (AvgIpc) is 2.79. The van der Waals surface area contributed by atoms with E-state index in [0.29, 0.717) is 41.9 Å². The van der Waals surface area contributed by atoms with Crippen LogP contribution in [0.4, 0.5) is 28.1 Å². The number of amides is 1. The minimum Gasteiger partial charge on any atom is -0.465 e. The number of fused-ring (bicyclic) bond motifs is 1. The molecule has 2 aromatic heterocycles. The lowest BCUT2D eigenvalue weighted by molar-refractivity contribution is 0.140. The van der Waals surface area contributed by atoms with E-state index >= 15 is 0 Å². The molecule has 178 valence electrons. The van der Waals surface area contributed by atoms with Crippen LogP contribution >= 0.6 is 11.6 Å². The molecule has 1 amide bonds. The smallest absolute Gasteiger partial charge is 0.407 e. The SMILES string of the molecule is CS(=O)(=O)Nc1ncccc1CNc1nc(Nc2ccc3c(c2)CCN(C(=O)O)C3)ncc1Cl. The van der Waals surface area contributed by atoms with Gasteiger partial charge in [0, 0.05) is 37.1 Å². The van der Waals surface area contributed by atoms with Gasteiger partial charge in [0.25, 0.3) is 0 Å². The summed E-state index contributed by atoms with van der Waals surface area (Å²) in [4.78, 5) is 25.3. The second-order valence-electron chi connectivity index (χ2n) is 7.69. The highest BCUT2D eigenvalue weighted by molar-refractivity contribution is 7.92. The number of carbonyl (C=O) groups is 1. The summed E-state index contributed by atoms with van der Waals surface area (Å²) in [6, 6.07) is 9.12. The maximum absolute atomic E-state index is 11.6. The van der Waals surface area contributed by atoms with Crippen molar-refractivity contribution in [2.24, 2.45) is 0 Å². The summed E-state index contributed by atoms with van der Waals surface area (Å²) in [7, 11) is -3.48. The third-order valence-corrected chi connectivity index (χ3v) is 5.95. The molecule has 0 atom stereocenters. The molecule has 0 unspecified atom stereocenters. The number of rotatable bonds is 7. The minimum atomic E-state index is -3.48. The zero-order valence-electron chi connectivity index (χ0n) is 18.1. The summed E-state index contributed by atoms with van der Waals surface area (Å²) in [5, 5.41) is 15.7. The van der Waals surface area contributed by atoms with Gasteiger partial charge in [0.2, 0.25) is 16.0 Å². The van der Waals surface area contributed by atoms with E-state index in [-0.39, 0.29) is 12.4 Å². The second kappa shape index (κ2) is 9.69. The molecule has 1 aliphatic heterocycles. The van der Waals surface area contributed by atoms with Crippen molar-refractivity contribution in [2.45, 2.75) is 19.5 Å². The van der Waals surface area contributed by atoms with Crippen LogP contribution in [0.1, 0.15) is 16.7 Å². The van der Waals surface area contributed by atoms with E-state index in [1.807, 2.05) is 18.2 Å². The molecule has 0 saturated heterocycles. The number of nitrogens with zero attached hydrogens (tertiary/aromatic N) is 4. The first-order valence-electron chi connectivity index (χ1n) is 10.2. The Morgan fingerprint density at radius 3 is 2.79 bits per heavy atom. The predicted octanol–water partition coefficient (Wildman–Crippen LogP) is 3.29. The molecule has 0 saturated carbocycles. The molecule has 3 heterocycles. The van der Waals surface area contributed by atoms with E-state index in [9.17, 15) is 18.3 Å². The van der Waals surface area contributed by atoms with Crippen molar-refractivity contribution in [2.75, 3.05) is 28.2 Å². The molecule has 0 bridgehead atoms. The molecule has 4 N–H and O–H groups in total. The highest BCUT2D eigenvalue weighted by atomic mass is 35.5. The van der Waals surface area contributed by atoms with Gasteiger partial charge in [-0.25, -0.2) is 23.2 Å². The van der Waals surface area contributed by atoms with Gasteiger partial charge in [-0.05, 0) is 35.7 Å². The van der Waals surface area contributed by atoms with Crippen molar-refractivity contribution in [3.8, 4) is 0 Å². The second-order valence-corrected chi connectivity index (χ2v) is 9.85. The fourth-order valence-corrected chi connectivity index (χ4v) is 4.20. The standard InChI is InChI=1S/C21H22ClN7O4S/c1-34(32,33)28-18-14(3-2-7-23-18)10-24-19-17(22)11-25-20(27-19)26-16-5-4-15-12-29(21(30)31)8-6-13(15)9-16/h2-5,7,9,11H,6,8,10,12H2,1H3,(H,23,28)(H,30,31)(H2,24,25,26,27). The first-order chi connectivity index (χ1) is 16.2. The van der Waals surface area contributed by atoms with Crippen molar-refractivity contribution >= 4 is 51.0 Å². The number of pyridine rings is 1. The number of anilines is 4. The van der Waals surface area contributed by atoms with Crippen molar-refractivity contribution in [1.29, 1.82) is 0 Å². The largest absolute Gasteiger partial charge is 0.465 e. The number of sulfonamides is 1. The summed E-state index contributed by atoms with van der Waals surface area (Å²) in [6.07, 6.45) is 3.71. The van der Waals surface area contributed by atoms with Gasteiger partial charge in [0.1, 0.15) is 10.8 Å². The number of hydrogen-bond donors (Lipinski definition) is 4. The molecule has 3 aromatic rings. The van der Waals surface area contributed by atoms with E-state index in [1.54, 1.807) is 12.1 Å². The Labute approximate surface area is 201 Å². The lowest BCUT2D eigenvalue weighted by Crippen LogP contribution is -2.34. The van der Waals surface area contributed by atoms with Crippen LogP contribution in [0, 0.1) is 0 Å². The normalized spacial score (nSPS) is 13.2. The minimum absolute atomic E-state index is 0.219. The Balaban J connectivity index is 1.47. The molecule has 0 spiro atoms. The van der Waals surface area contributed by atoms with E-state index in [4.69, 9.17) is 11.6 Å². The van der Waals surface area contributed by atoms with Gasteiger partial charge in [-0.2, -0.15) is 4.98 Å². The molecular formula is C21H22ClN7O4S. The molecule has 4 rings (SSSR count). The topological polar surface area (TPSA) is 149 Å². The quantitative estimate of drug-likeness (QED) is 0.381.